The Bertz CT molecular complexity index is 474. The first-order valence-electron chi connectivity index (χ1n) is 3.84. The maximum Gasteiger partial charge on any atom is 0.336 e. The summed E-state index contributed by atoms with van der Waals surface area (Å²) in [7, 11) is 0. The van der Waals surface area contributed by atoms with E-state index in [2.05, 4.69) is 0 Å². The van der Waals surface area contributed by atoms with E-state index in [4.69, 9.17) is 16.7 Å². The molecule has 1 aromatic rings. The SMILES string of the molecule is O=[N+]([O-])c1cc(CO)c(O)c([N+](=O)[O-])c1Cl. The molecule has 0 aliphatic heterocycles. The number of nitro benzene ring substituents is 2. The van der Waals surface area contributed by atoms with Gasteiger partial charge in [0.2, 0.25) is 5.75 Å². The van der Waals surface area contributed by atoms with Crippen molar-refractivity contribution in [3.63, 3.8) is 0 Å². The first kappa shape index (κ1) is 12.1. The first-order chi connectivity index (χ1) is 7.40. The molecule has 1 rings (SSSR count). The zero-order chi connectivity index (χ0) is 12.5. The van der Waals surface area contributed by atoms with Crippen LogP contribution in [0.3, 0.4) is 0 Å². The number of aliphatic hydroxyl groups excluding tert-OH is 1. The van der Waals surface area contributed by atoms with Crippen molar-refractivity contribution in [3.8, 4) is 5.75 Å². The summed E-state index contributed by atoms with van der Waals surface area (Å²) in [4.78, 5) is 19.1. The lowest BCUT2D eigenvalue weighted by atomic mass is 10.1. The Labute approximate surface area is 93.0 Å². The van der Waals surface area contributed by atoms with Gasteiger partial charge in [-0.05, 0) is 0 Å². The van der Waals surface area contributed by atoms with Crippen LogP contribution in [0.4, 0.5) is 11.4 Å². The minimum atomic E-state index is -1.05. The van der Waals surface area contributed by atoms with Gasteiger partial charge in [-0.1, -0.05) is 11.6 Å². The van der Waals surface area contributed by atoms with E-state index in [1.807, 2.05) is 0 Å². The molecule has 16 heavy (non-hydrogen) atoms. The maximum atomic E-state index is 10.5. The molecule has 0 saturated heterocycles. The van der Waals surface area contributed by atoms with Crippen LogP contribution >= 0.6 is 11.6 Å². The monoisotopic (exact) mass is 248 g/mol. The van der Waals surface area contributed by atoms with E-state index in [1.54, 1.807) is 0 Å². The summed E-state index contributed by atoms with van der Waals surface area (Å²) in [5.41, 5.74) is -2.06. The molecule has 0 radical (unpaired) electrons. The average molecular weight is 249 g/mol. The Morgan fingerprint density at radius 3 is 2.25 bits per heavy atom. The second-order valence-electron chi connectivity index (χ2n) is 2.74. The fourth-order valence-electron chi connectivity index (χ4n) is 1.09. The molecule has 0 bridgehead atoms. The van der Waals surface area contributed by atoms with E-state index < -0.39 is 38.6 Å². The van der Waals surface area contributed by atoms with Crippen molar-refractivity contribution in [2.45, 2.75) is 6.61 Å². The van der Waals surface area contributed by atoms with Crippen LogP contribution in [0.25, 0.3) is 0 Å². The second-order valence-corrected chi connectivity index (χ2v) is 3.12. The lowest BCUT2D eigenvalue weighted by molar-refractivity contribution is -0.394. The molecule has 0 fully saturated rings. The number of hydrogen-bond donors (Lipinski definition) is 2. The van der Waals surface area contributed by atoms with Crippen molar-refractivity contribution in [1.29, 1.82) is 0 Å². The lowest BCUT2D eigenvalue weighted by Gasteiger charge is -2.04. The van der Waals surface area contributed by atoms with Crippen LogP contribution in [-0.4, -0.2) is 20.1 Å². The fraction of sp³-hybridized carbons (Fsp3) is 0.143. The van der Waals surface area contributed by atoms with Crippen LogP contribution in [0.5, 0.6) is 5.75 Å². The summed E-state index contributed by atoms with van der Waals surface area (Å²) < 4.78 is 0. The molecule has 0 spiro atoms. The van der Waals surface area contributed by atoms with E-state index in [-0.39, 0.29) is 5.56 Å². The standard InChI is InChI=1S/C7H5ClN2O6/c8-5-4(9(13)14)1-3(2-11)7(12)6(5)10(15)16/h1,11-12H,2H2. The predicted octanol–water partition coefficient (Wildman–Crippen LogP) is 1.35. The summed E-state index contributed by atoms with van der Waals surface area (Å²) in [5, 5.41) is 38.4. The van der Waals surface area contributed by atoms with E-state index in [9.17, 15) is 25.3 Å². The van der Waals surface area contributed by atoms with Crippen molar-refractivity contribution in [2.75, 3.05) is 0 Å². The van der Waals surface area contributed by atoms with Gasteiger partial charge >= 0.3 is 5.69 Å². The fourth-order valence-corrected chi connectivity index (χ4v) is 1.38. The van der Waals surface area contributed by atoms with Crippen LogP contribution < -0.4 is 0 Å². The first-order valence-corrected chi connectivity index (χ1v) is 4.22. The van der Waals surface area contributed by atoms with Crippen molar-refractivity contribution in [3.05, 3.63) is 36.9 Å². The van der Waals surface area contributed by atoms with Gasteiger partial charge in [0.25, 0.3) is 5.69 Å². The highest BCUT2D eigenvalue weighted by molar-refractivity contribution is 6.35. The number of aliphatic hydroxyl groups is 1. The highest BCUT2D eigenvalue weighted by Gasteiger charge is 2.30. The zero-order valence-corrected chi connectivity index (χ0v) is 8.34. The molecular formula is C7H5ClN2O6. The third kappa shape index (κ3) is 1.88. The molecular weight excluding hydrogens is 244 g/mol. The molecule has 0 heterocycles. The van der Waals surface area contributed by atoms with Crippen LogP contribution in [-0.2, 0) is 6.61 Å². The largest absolute Gasteiger partial charge is 0.502 e. The minimum absolute atomic E-state index is 0.331. The van der Waals surface area contributed by atoms with Gasteiger partial charge < -0.3 is 10.2 Å². The zero-order valence-electron chi connectivity index (χ0n) is 7.58. The summed E-state index contributed by atoms with van der Waals surface area (Å²) in [6, 6.07) is 0.782. The summed E-state index contributed by atoms with van der Waals surface area (Å²) in [5.74, 6) is -0.872. The number of nitrogens with zero attached hydrogens (tertiary/aromatic N) is 2. The molecule has 9 heteroatoms. The Morgan fingerprint density at radius 2 is 1.88 bits per heavy atom. The van der Waals surface area contributed by atoms with Crippen molar-refractivity contribution in [2.24, 2.45) is 0 Å². The summed E-state index contributed by atoms with van der Waals surface area (Å²) in [6.07, 6.45) is 0. The molecule has 0 atom stereocenters. The van der Waals surface area contributed by atoms with Gasteiger partial charge in [0.15, 0.2) is 5.02 Å². The smallest absolute Gasteiger partial charge is 0.336 e. The van der Waals surface area contributed by atoms with Gasteiger partial charge in [-0.2, -0.15) is 0 Å². The maximum absolute atomic E-state index is 10.5. The molecule has 0 aromatic heterocycles. The highest BCUT2D eigenvalue weighted by Crippen LogP contribution is 2.42. The Hall–Kier alpha value is -1.93. The van der Waals surface area contributed by atoms with E-state index in [0.717, 1.165) is 6.07 Å². The number of phenols is 1. The van der Waals surface area contributed by atoms with Gasteiger partial charge in [-0.15, -0.1) is 0 Å². The van der Waals surface area contributed by atoms with Crippen LogP contribution in [0.1, 0.15) is 5.56 Å². The number of nitro groups is 2. The van der Waals surface area contributed by atoms with Crippen molar-refractivity contribution < 1.29 is 20.1 Å². The van der Waals surface area contributed by atoms with Gasteiger partial charge in [-0.25, -0.2) is 0 Å². The van der Waals surface area contributed by atoms with Gasteiger partial charge in [0.05, 0.1) is 16.5 Å². The Kier molecular flexibility index (Phi) is 3.25. The predicted molar refractivity (Wildman–Crippen MR) is 52.3 cm³/mol. The highest BCUT2D eigenvalue weighted by atomic mass is 35.5. The van der Waals surface area contributed by atoms with E-state index in [1.165, 1.54) is 0 Å². The molecule has 8 nitrogen and oxygen atoms in total. The quantitative estimate of drug-likeness (QED) is 0.614. The summed E-state index contributed by atoms with van der Waals surface area (Å²) in [6.45, 7) is -0.773. The van der Waals surface area contributed by atoms with Crippen molar-refractivity contribution in [1.82, 2.24) is 0 Å². The average Bonchev–Trinajstić information content (AvgIpc) is 2.16. The Morgan fingerprint density at radius 1 is 1.31 bits per heavy atom. The molecule has 0 aliphatic carbocycles. The van der Waals surface area contributed by atoms with Crippen LogP contribution in [0, 0.1) is 20.2 Å². The molecule has 1 aromatic carbocycles. The molecule has 0 amide bonds. The number of benzene rings is 1. The molecule has 2 N–H and O–H groups in total. The summed E-state index contributed by atoms with van der Waals surface area (Å²) >= 11 is 5.41. The molecule has 0 aliphatic rings. The van der Waals surface area contributed by atoms with Gasteiger partial charge in [-0.3, -0.25) is 20.2 Å². The topological polar surface area (TPSA) is 127 Å². The minimum Gasteiger partial charge on any atom is -0.502 e. The van der Waals surface area contributed by atoms with Crippen LogP contribution in [0.15, 0.2) is 6.07 Å². The normalized spacial score (nSPS) is 10.1. The number of aromatic hydroxyl groups is 1. The number of halogens is 1. The number of rotatable bonds is 3. The second kappa shape index (κ2) is 4.29. The van der Waals surface area contributed by atoms with Gasteiger partial charge in [0.1, 0.15) is 0 Å². The third-order valence-electron chi connectivity index (χ3n) is 1.82. The van der Waals surface area contributed by atoms with Crippen LogP contribution in [0.2, 0.25) is 5.02 Å². The lowest BCUT2D eigenvalue weighted by Crippen LogP contribution is -1.98. The third-order valence-corrected chi connectivity index (χ3v) is 2.19. The molecule has 0 saturated carbocycles. The molecule has 86 valence electrons. The molecule has 0 unspecified atom stereocenters. The van der Waals surface area contributed by atoms with Gasteiger partial charge in [0, 0.05) is 11.6 Å². The number of hydrogen-bond acceptors (Lipinski definition) is 6. The van der Waals surface area contributed by atoms with E-state index in [0.29, 0.717) is 0 Å². The van der Waals surface area contributed by atoms with E-state index >= 15 is 0 Å². The van der Waals surface area contributed by atoms with Crippen molar-refractivity contribution >= 4 is 23.0 Å². The Balaban J connectivity index is 3.64.